The highest BCUT2D eigenvalue weighted by molar-refractivity contribution is 5.76. The van der Waals surface area contributed by atoms with Crippen LogP contribution in [0, 0.1) is 13.0 Å². The van der Waals surface area contributed by atoms with E-state index in [1.165, 1.54) is 6.42 Å². The maximum Gasteiger partial charge on any atom is 0.307 e. The van der Waals surface area contributed by atoms with Crippen molar-refractivity contribution in [3.8, 4) is 0 Å². The molecule has 0 rings (SSSR count). The van der Waals surface area contributed by atoms with Crippen LogP contribution in [-0.4, -0.2) is 16.2 Å². The van der Waals surface area contributed by atoms with Crippen LogP contribution in [0.3, 0.4) is 0 Å². The van der Waals surface area contributed by atoms with Crippen molar-refractivity contribution in [2.75, 3.05) is 0 Å². The monoisotopic (exact) mass is 130 g/mol. The second-order valence-electron chi connectivity index (χ2n) is 1.66. The normalized spacial score (nSPS) is 9.44. The predicted molar refractivity (Wildman–Crippen MR) is 32.0 cm³/mol. The zero-order valence-corrected chi connectivity index (χ0v) is 5.08. The van der Waals surface area contributed by atoms with E-state index in [-0.39, 0.29) is 0 Å². The Balaban J connectivity index is 2.83. The van der Waals surface area contributed by atoms with Gasteiger partial charge in [0.2, 0.25) is 0 Å². The Bertz CT molecular complexity index is 80.4. The molecule has 3 nitrogen and oxygen atoms in total. The maximum atomic E-state index is 9.83. The van der Waals surface area contributed by atoms with E-state index in [1.54, 1.807) is 0 Å². The average molecular weight is 130 g/mol. The van der Waals surface area contributed by atoms with E-state index in [2.05, 4.69) is 0 Å². The van der Waals surface area contributed by atoms with Crippen molar-refractivity contribution in [2.24, 2.45) is 0 Å². The molecule has 52 valence electrons. The van der Waals surface area contributed by atoms with Crippen molar-refractivity contribution < 1.29 is 15.0 Å². The largest absolute Gasteiger partial charge is 0.481 e. The number of carboxylic acids is 1. The van der Waals surface area contributed by atoms with E-state index in [0.29, 0.717) is 19.3 Å². The molecule has 0 aliphatic heterocycles. The third-order valence-corrected chi connectivity index (χ3v) is 0.856. The molecule has 0 heterocycles. The van der Waals surface area contributed by atoms with Crippen LogP contribution in [0.4, 0.5) is 0 Å². The number of hydrogen-bond donors (Lipinski definition) is 2. The summed E-state index contributed by atoms with van der Waals surface area (Å²) in [5, 5.41) is 16.2. The van der Waals surface area contributed by atoms with Gasteiger partial charge >= 0.3 is 5.97 Å². The van der Waals surface area contributed by atoms with Gasteiger partial charge in [-0.1, -0.05) is 0 Å². The molecule has 0 atom stereocenters. The second-order valence-corrected chi connectivity index (χ2v) is 1.66. The summed E-state index contributed by atoms with van der Waals surface area (Å²) in [7, 11) is 0. The first kappa shape index (κ1) is 8.43. The van der Waals surface area contributed by atoms with E-state index in [4.69, 9.17) is 10.2 Å². The SMILES string of the molecule is O=C(O)[CH]CCC[CH]O. The summed E-state index contributed by atoms with van der Waals surface area (Å²) in [6.45, 7) is 1.04. The highest BCUT2D eigenvalue weighted by Crippen LogP contribution is 1.98. The summed E-state index contributed by atoms with van der Waals surface area (Å²) >= 11 is 0. The molecular formula is C6H10O3. The molecule has 3 heteroatoms. The summed E-state index contributed by atoms with van der Waals surface area (Å²) in [6.07, 6.45) is 2.96. The first-order valence-electron chi connectivity index (χ1n) is 2.79. The Morgan fingerprint density at radius 3 is 2.56 bits per heavy atom. The van der Waals surface area contributed by atoms with Crippen LogP contribution in [0.1, 0.15) is 19.3 Å². The molecule has 0 aromatic heterocycles. The Labute approximate surface area is 54.3 Å². The number of aliphatic hydroxyl groups is 1. The van der Waals surface area contributed by atoms with E-state index in [1.807, 2.05) is 0 Å². The summed E-state index contributed by atoms with van der Waals surface area (Å²) in [5.74, 6) is -0.895. The number of rotatable bonds is 5. The molecular weight excluding hydrogens is 120 g/mol. The molecule has 0 aliphatic rings. The molecule has 0 bridgehead atoms. The maximum absolute atomic E-state index is 9.83. The van der Waals surface area contributed by atoms with Crippen LogP contribution in [0.15, 0.2) is 0 Å². The average Bonchev–Trinajstić information content (AvgIpc) is 1.80. The van der Waals surface area contributed by atoms with Crippen LogP contribution in [0.25, 0.3) is 0 Å². The molecule has 0 amide bonds. The van der Waals surface area contributed by atoms with Crippen molar-refractivity contribution in [1.29, 1.82) is 0 Å². The summed E-state index contributed by atoms with van der Waals surface area (Å²) < 4.78 is 0. The minimum absolute atomic E-state index is 0.520. The van der Waals surface area contributed by atoms with E-state index in [9.17, 15) is 4.79 Å². The van der Waals surface area contributed by atoms with Gasteiger partial charge in [0, 0.05) is 0 Å². The summed E-state index contributed by atoms with van der Waals surface area (Å²) in [5.41, 5.74) is 0. The topological polar surface area (TPSA) is 57.5 Å². The van der Waals surface area contributed by atoms with Crippen LogP contribution in [0.5, 0.6) is 0 Å². The smallest absolute Gasteiger partial charge is 0.307 e. The van der Waals surface area contributed by atoms with E-state index >= 15 is 0 Å². The molecule has 0 aromatic carbocycles. The van der Waals surface area contributed by atoms with Gasteiger partial charge in [0.15, 0.2) is 0 Å². The van der Waals surface area contributed by atoms with Gasteiger partial charge in [0.1, 0.15) is 0 Å². The Kier molecular flexibility index (Phi) is 5.21. The van der Waals surface area contributed by atoms with Gasteiger partial charge in [-0.15, -0.1) is 0 Å². The van der Waals surface area contributed by atoms with Crippen LogP contribution < -0.4 is 0 Å². The molecule has 0 aromatic rings. The number of carbonyl (C=O) groups is 1. The van der Waals surface area contributed by atoms with Crippen molar-refractivity contribution in [3.05, 3.63) is 13.0 Å². The molecule has 0 saturated heterocycles. The Morgan fingerprint density at radius 1 is 1.44 bits per heavy atom. The fraction of sp³-hybridized carbons (Fsp3) is 0.500. The minimum atomic E-state index is -0.895. The standard InChI is InChI=1S/C6H10O3/c7-5-3-1-2-4-6(8)9/h4-5,7H,1-3H2,(H,8,9). The van der Waals surface area contributed by atoms with Gasteiger partial charge in [-0.2, -0.15) is 0 Å². The van der Waals surface area contributed by atoms with Crippen LogP contribution >= 0.6 is 0 Å². The van der Waals surface area contributed by atoms with Crippen molar-refractivity contribution in [3.63, 3.8) is 0 Å². The quantitative estimate of drug-likeness (QED) is 0.545. The number of unbranched alkanes of at least 4 members (excludes halogenated alkanes) is 2. The molecule has 9 heavy (non-hydrogen) atoms. The van der Waals surface area contributed by atoms with Gasteiger partial charge in [-0.05, 0) is 19.3 Å². The van der Waals surface area contributed by atoms with Gasteiger partial charge in [-0.25, -0.2) is 0 Å². The molecule has 2 N–H and O–H groups in total. The number of aliphatic carboxylic acids is 1. The lowest BCUT2D eigenvalue weighted by Gasteiger charge is -1.91. The lowest BCUT2D eigenvalue weighted by molar-refractivity contribution is -0.133. The van der Waals surface area contributed by atoms with Gasteiger partial charge in [0.05, 0.1) is 13.0 Å². The van der Waals surface area contributed by atoms with E-state index < -0.39 is 5.97 Å². The molecule has 0 unspecified atom stereocenters. The second kappa shape index (κ2) is 5.56. The fourth-order valence-electron chi connectivity index (χ4n) is 0.435. The molecule has 0 saturated carbocycles. The van der Waals surface area contributed by atoms with Crippen molar-refractivity contribution in [2.45, 2.75) is 19.3 Å². The molecule has 2 radical (unpaired) electrons. The third-order valence-electron chi connectivity index (χ3n) is 0.856. The predicted octanol–water partition coefficient (Wildman–Crippen LogP) is 0.980. The van der Waals surface area contributed by atoms with Gasteiger partial charge in [0.25, 0.3) is 0 Å². The number of aliphatic hydroxyl groups excluding tert-OH is 1. The molecule has 0 fully saturated rings. The third kappa shape index (κ3) is 7.43. The first-order chi connectivity index (χ1) is 4.27. The zero-order chi connectivity index (χ0) is 7.11. The fourth-order valence-corrected chi connectivity index (χ4v) is 0.435. The number of carboxylic acid groups (broad SMARTS) is 1. The number of hydrogen-bond acceptors (Lipinski definition) is 2. The van der Waals surface area contributed by atoms with Gasteiger partial charge in [-0.3, -0.25) is 4.79 Å². The van der Waals surface area contributed by atoms with E-state index in [0.717, 1.165) is 6.61 Å². The minimum Gasteiger partial charge on any atom is -0.481 e. The zero-order valence-electron chi connectivity index (χ0n) is 5.08. The van der Waals surface area contributed by atoms with Crippen molar-refractivity contribution >= 4 is 5.97 Å². The lowest BCUT2D eigenvalue weighted by atomic mass is 10.2. The Morgan fingerprint density at radius 2 is 2.11 bits per heavy atom. The first-order valence-corrected chi connectivity index (χ1v) is 2.79. The highest BCUT2D eigenvalue weighted by Gasteiger charge is 1.95. The molecule has 0 aliphatic carbocycles. The lowest BCUT2D eigenvalue weighted by Crippen LogP contribution is -1.94. The van der Waals surface area contributed by atoms with Gasteiger partial charge < -0.3 is 10.2 Å². The Hall–Kier alpha value is -0.570. The molecule has 0 spiro atoms. The van der Waals surface area contributed by atoms with Crippen molar-refractivity contribution in [1.82, 2.24) is 0 Å². The van der Waals surface area contributed by atoms with Crippen LogP contribution in [-0.2, 0) is 4.79 Å². The van der Waals surface area contributed by atoms with Crippen LogP contribution in [0.2, 0.25) is 0 Å². The highest BCUT2D eigenvalue weighted by atomic mass is 16.4. The summed E-state index contributed by atoms with van der Waals surface area (Å²) in [4.78, 5) is 9.83. The summed E-state index contributed by atoms with van der Waals surface area (Å²) in [6, 6.07) is 0.